The van der Waals surface area contributed by atoms with E-state index >= 15 is 0 Å². The molecular weight excluding hydrogens is 576 g/mol. The van der Waals surface area contributed by atoms with Crippen LogP contribution < -0.4 is 0 Å². The standard InChI is InChI=1S/C43H46N2O2/c1-41(2,3)31-19-15-27(16-20-31)25-43(26-28-17-21-32(22-18-28)42(4,5)6,39-44-37-33-13-9-7-11-29(33)23-35(37)46-39)40-45-38-34-14-10-8-12-30(34)24-36(38)47-40/h7-22,35-38H,23-26H2,1-6H3/t35-,36-,37+,38+/m0/s1. The van der Waals surface area contributed by atoms with E-state index in [9.17, 15) is 0 Å². The van der Waals surface area contributed by atoms with Crippen LogP contribution in [0.2, 0.25) is 0 Å². The average Bonchev–Trinajstić information content (AvgIpc) is 3.80. The molecule has 4 atom stereocenters. The summed E-state index contributed by atoms with van der Waals surface area (Å²) in [5, 5.41) is 0. The second-order valence-electron chi connectivity index (χ2n) is 16.2. The molecule has 4 aromatic rings. The van der Waals surface area contributed by atoms with Crippen molar-refractivity contribution in [1.82, 2.24) is 0 Å². The Labute approximate surface area is 280 Å². The molecule has 4 heteroatoms. The van der Waals surface area contributed by atoms with E-state index in [4.69, 9.17) is 19.5 Å². The summed E-state index contributed by atoms with van der Waals surface area (Å²) < 4.78 is 14.1. The Hall–Kier alpha value is -4.18. The van der Waals surface area contributed by atoms with Crippen LogP contribution in [0.1, 0.15) is 98.1 Å². The van der Waals surface area contributed by atoms with Gasteiger partial charge in [-0.3, -0.25) is 0 Å². The summed E-state index contributed by atoms with van der Waals surface area (Å²) in [5.41, 5.74) is 9.83. The zero-order valence-corrected chi connectivity index (χ0v) is 28.6. The van der Waals surface area contributed by atoms with Crippen LogP contribution in [0.3, 0.4) is 0 Å². The molecule has 0 bridgehead atoms. The van der Waals surface area contributed by atoms with Crippen molar-refractivity contribution in [3.05, 3.63) is 142 Å². The summed E-state index contributed by atoms with van der Waals surface area (Å²) in [6.07, 6.45) is 3.12. The molecule has 0 saturated carbocycles. The summed E-state index contributed by atoms with van der Waals surface area (Å²) in [6, 6.07) is 35.6. The van der Waals surface area contributed by atoms with Crippen molar-refractivity contribution < 1.29 is 9.47 Å². The minimum absolute atomic E-state index is 0.00413. The molecule has 2 heterocycles. The van der Waals surface area contributed by atoms with Gasteiger partial charge in [-0.05, 0) is 68.2 Å². The zero-order valence-electron chi connectivity index (χ0n) is 28.6. The van der Waals surface area contributed by atoms with Crippen molar-refractivity contribution in [3.63, 3.8) is 0 Å². The van der Waals surface area contributed by atoms with Crippen LogP contribution in [0.4, 0.5) is 0 Å². The van der Waals surface area contributed by atoms with Gasteiger partial charge in [-0.1, -0.05) is 139 Å². The highest BCUT2D eigenvalue weighted by molar-refractivity contribution is 6.07. The molecule has 0 fully saturated rings. The first-order valence-corrected chi connectivity index (χ1v) is 17.3. The van der Waals surface area contributed by atoms with Gasteiger partial charge in [0.05, 0.1) is 0 Å². The van der Waals surface area contributed by atoms with Crippen LogP contribution in [0.15, 0.2) is 107 Å². The quantitative estimate of drug-likeness (QED) is 0.215. The summed E-state index contributed by atoms with van der Waals surface area (Å²) in [7, 11) is 0. The van der Waals surface area contributed by atoms with E-state index in [0.29, 0.717) is 12.8 Å². The molecule has 4 nitrogen and oxygen atoms in total. The maximum Gasteiger partial charge on any atom is 0.201 e. The summed E-state index contributed by atoms with van der Waals surface area (Å²) >= 11 is 0. The molecule has 2 aliphatic carbocycles. The van der Waals surface area contributed by atoms with Gasteiger partial charge in [-0.25, -0.2) is 9.98 Å². The van der Waals surface area contributed by atoms with Crippen LogP contribution in [0, 0.1) is 5.41 Å². The molecule has 0 N–H and O–H groups in total. The van der Waals surface area contributed by atoms with Crippen LogP contribution in [-0.2, 0) is 46.0 Å². The molecule has 47 heavy (non-hydrogen) atoms. The third kappa shape index (κ3) is 5.30. The number of benzene rings is 4. The third-order valence-electron chi connectivity index (χ3n) is 10.8. The van der Waals surface area contributed by atoms with E-state index in [-0.39, 0.29) is 35.1 Å². The van der Waals surface area contributed by atoms with Crippen molar-refractivity contribution in [1.29, 1.82) is 0 Å². The van der Waals surface area contributed by atoms with Crippen LogP contribution in [0.5, 0.6) is 0 Å². The topological polar surface area (TPSA) is 43.2 Å². The molecule has 0 radical (unpaired) electrons. The minimum atomic E-state index is -0.689. The van der Waals surface area contributed by atoms with Gasteiger partial charge in [-0.2, -0.15) is 0 Å². The van der Waals surface area contributed by atoms with E-state index in [1.807, 2.05) is 0 Å². The average molecular weight is 623 g/mol. The fraction of sp³-hybridized carbons (Fsp3) is 0.395. The Balaban J connectivity index is 1.27. The number of hydrogen-bond donors (Lipinski definition) is 0. The Morgan fingerprint density at radius 3 is 1.30 bits per heavy atom. The van der Waals surface area contributed by atoms with E-state index < -0.39 is 5.41 Å². The molecule has 0 amide bonds. The van der Waals surface area contributed by atoms with E-state index in [0.717, 1.165) is 24.6 Å². The Morgan fingerprint density at radius 1 is 0.532 bits per heavy atom. The largest absolute Gasteiger partial charge is 0.474 e. The van der Waals surface area contributed by atoms with Crippen molar-refractivity contribution >= 4 is 11.8 Å². The van der Waals surface area contributed by atoms with Gasteiger partial charge in [0.25, 0.3) is 0 Å². The van der Waals surface area contributed by atoms with Gasteiger partial charge >= 0.3 is 0 Å². The highest BCUT2D eigenvalue weighted by atomic mass is 16.5. The van der Waals surface area contributed by atoms with Gasteiger partial charge in [0, 0.05) is 12.8 Å². The second-order valence-corrected chi connectivity index (χ2v) is 16.2. The third-order valence-corrected chi connectivity index (χ3v) is 10.8. The van der Waals surface area contributed by atoms with Gasteiger partial charge in [-0.15, -0.1) is 0 Å². The number of aliphatic imine (C=N–C) groups is 2. The fourth-order valence-electron chi connectivity index (χ4n) is 8.06. The number of fused-ring (bicyclic) bond motifs is 6. The van der Waals surface area contributed by atoms with E-state index in [1.165, 1.54) is 44.5 Å². The Kier molecular flexibility index (Phi) is 7.02. The first kappa shape index (κ1) is 30.2. The lowest BCUT2D eigenvalue weighted by molar-refractivity contribution is 0.162. The van der Waals surface area contributed by atoms with Crippen LogP contribution in [0.25, 0.3) is 0 Å². The van der Waals surface area contributed by atoms with Crippen molar-refractivity contribution in [2.75, 3.05) is 0 Å². The van der Waals surface area contributed by atoms with Crippen molar-refractivity contribution in [2.45, 2.75) is 102 Å². The highest BCUT2D eigenvalue weighted by Gasteiger charge is 2.54. The molecule has 4 aromatic carbocycles. The monoisotopic (exact) mass is 622 g/mol. The predicted octanol–water partition coefficient (Wildman–Crippen LogP) is 9.24. The van der Waals surface area contributed by atoms with Gasteiger partial charge in [0.1, 0.15) is 29.7 Å². The second kappa shape index (κ2) is 10.9. The van der Waals surface area contributed by atoms with Gasteiger partial charge in [0.2, 0.25) is 11.8 Å². The minimum Gasteiger partial charge on any atom is -0.474 e. The number of rotatable bonds is 6. The summed E-state index contributed by atoms with van der Waals surface area (Å²) in [6.45, 7) is 13.6. The van der Waals surface area contributed by atoms with Gasteiger partial charge < -0.3 is 9.47 Å². The van der Waals surface area contributed by atoms with Crippen molar-refractivity contribution in [2.24, 2.45) is 15.4 Å². The highest BCUT2D eigenvalue weighted by Crippen LogP contribution is 2.49. The SMILES string of the molecule is CC(C)(C)c1ccc(CC(Cc2ccc(C(C)(C)C)cc2)(C2=N[C@@H]3c4ccccc4C[C@@H]3O2)C2=N[C@@H]3c4ccccc4C[C@@H]3O2)cc1. The predicted molar refractivity (Wildman–Crippen MR) is 191 cm³/mol. The molecule has 240 valence electrons. The Morgan fingerprint density at radius 2 is 0.915 bits per heavy atom. The summed E-state index contributed by atoms with van der Waals surface area (Å²) in [4.78, 5) is 11.0. The first-order chi connectivity index (χ1) is 22.5. The fourth-order valence-corrected chi connectivity index (χ4v) is 8.06. The first-order valence-electron chi connectivity index (χ1n) is 17.3. The lowest BCUT2D eigenvalue weighted by Gasteiger charge is -2.34. The molecule has 4 aliphatic rings. The zero-order chi connectivity index (χ0) is 32.6. The normalized spacial score (nSPS) is 22.9. The number of hydrogen-bond acceptors (Lipinski definition) is 4. The lowest BCUT2D eigenvalue weighted by atomic mass is 9.74. The molecule has 0 aromatic heterocycles. The smallest absolute Gasteiger partial charge is 0.201 e. The van der Waals surface area contributed by atoms with E-state index in [2.05, 4.69) is 139 Å². The van der Waals surface area contributed by atoms with Crippen molar-refractivity contribution in [3.8, 4) is 0 Å². The molecular formula is C43H46N2O2. The Bertz CT molecular complexity index is 1730. The van der Waals surface area contributed by atoms with Crippen LogP contribution in [-0.4, -0.2) is 24.0 Å². The maximum atomic E-state index is 7.03. The lowest BCUT2D eigenvalue weighted by Crippen LogP contribution is -2.45. The molecule has 0 saturated heterocycles. The number of ether oxygens (including phenoxy) is 2. The molecule has 2 aliphatic heterocycles. The van der Waals surface area contributed by atoms with Crippen LogP contribution >= 0.6 is 0 Å². The number of nitrogens with zero attached hydrogens (tertiary/aromatic N) is 2. The molecule has 8 rings (SSSR count). The molecule has 0 spiro atoms. The summed E-state index contributed by atoms with van der Waals surface area (Å²) in [5.74, 6) is 1.54. The van der Waals surface area contributed by atoms with Gasteiger partial charge in [0.15, 0.2) is 0 Å². The molecule has 0 unspecified atom stereocenters. The van der Waals surface area contributed by atoms with E-state index in [1.54, 1.807) is 0 Å². The maximum absolute atomic E-state index is 7.03.